The lowest BCUT2D eigenvalue weighted by molar-refractivity contribution is 0.586. The summed E-state index contributed by atoms with van der Waals surface area (Å²) in [5, 5.41) is 9.20. The molecule has 90 valence electrons. The van der Waals surface area contributed by atoms with Crippen LogP contribution in [0.25, 0.3) is 11.4 Å². The van der Waals surface area contributed by atoms with Crippen LogP contribution in [-0.4, -0.2) is 14.8 Å². The molecule has 3 nitrogen and oxygen atoms in total. The molecule has 0 saturated heterocycles. The molecule has 0 spiro atoms. The monoisotopic (exact) mass is 357 g/mol. The standard InChI is InChI=1S/C12H13Br2N3/c1-8(2)17-11(7-13)15-16-12(17)9-3-5-10(14)6-4-9/h3-6,8H,7H2,1-2H3. The molecule has 1 heterocycles. The fraction of sp³-hybridized carbons (Fsp3) is 0.333. The molecule has 0 aliphatic heterocycles. The summed E-state index contributed by atoms with van der Waals surface area (Å²) in [6, 6.07) is 8.47. The van der Waals surface area contributed by atoms with Crippen LogP contribution in [0.15, 0.2) is 28.7 Å². The van der Waals surface area contributed by atoms with Gasteiger partial charge in [0, 0.05) is 16.1 Å². The van der Waals surface area contributed by atoms with Crippen LogP contribution in [0.3, 0.4) is 0 Å². The third-order valence-corrected chi connectivity index (χ3v) is 3.53. The van der Waals surface area contributed by atoms with Crippen LogP contribution < -0.4 is 0 Å². The van der Waals surface area contributed by atoms with E-state index < -0.39 is 0 Å². The second kappa shape index (κ2) is 5.31. The fourth-order valence-corrected chi connectivity index (χ4v) is 2.40. The molecule has 1 aromatic heterocycles. The van der Waals surface area contributed by atoms with Crippen molar-refractivity contribution in [3.8, 4) is 11.4 Å². The smallest absolute Gasteiger partial charge is 0.164 e. The Bertz CT molecular complexity index is 503. The van der Waals surface area contributed by atoms with E-state index >= 15 is 0 Å². The topological polar surface area (TPSA) is 30.7 Å². The zero-order valence-electron chi connectivity index (χ0n) is 9.69. The first-order chi connectivity index (χ1) is 8.13. The zero-order valence-corrected chi connectivity index (χ0v) is 12.9. The molecule has 0 unspecified atom stereocenters. The summed E-state index contributed by atoms with van der Waals surface area (Å²) in [4.78, 5) is 0. The molecule has 2 aromatic rings. The van der Waals surface area contributed by atoms with Gasteiger partial charge in [0.25, 0.3) is 0 Å². The van der Waals surface area contributed by atoms with E-state index in [1.165, 1.54) is 0 Å². The van der Waals surface area contributed by atoms with Crippen molar-refractivity contribution >= 4 is 31.9 Å². The number of hydrogen-bond acceptors (Lipinski definition) is 2. The first-order valence-electron chi connectivity index (χ1n) is 5.39. The molecular weight excluding hydrogens is 346 g/mol. The van der Waals surface area contributed by atoms with Crippen LogP contribution >= 0.6 is 31.9 Å². The van der Waals surface area contributed by atoms with Crippen molar-refractivity contribution in [3.05, 3.63) is 34.6 Å². The van der Waals surface area contributed by atoms with Crippen molar-refractivity contribution in [2.24, 2.45) is 0 Å². The average molecular weight is 359 g/mol. The minimum atomic E-state index is 0.344. The maximum Gasteiger partial charge on any atom is 0.164 e. The number of nitrogens with zero attached hydrogens (tertiary/aromatic N) is 3. The van der Waals surface area contributed by atoms with Crippen molar-refractivity contribution in [2.45, 2.75) is 25.2 Å². The normalized spacial score (nSPS) is 11.1. The first kappa shape index (κ1) is 12.8. The molecule has 0 radical (unpaired) electrons. The summed E-state index contributed by atoms with van der Waals surface area (Å²) in [6.45, 7) is 4.27. The van der Waals surface area contributed by atoms with E-state index in [1.54, 1.807) is 0 Å². The highest BCUT2D eigenvalue weighted by Gasteiger charge is 2.15. The van der Waals surface area contributed by atoms with Gasteiger partial charge in [-0.25, -0.2) is 0 Å². The van der Waals surface area contributed by atoms with Crippen molar-refractivity contribution in [3.63, 3.8) is 0 Å². The van der Waals surface area contributed by atoms with E-state index in [9.17, 15) is 0 Å². The van der Waals surface area contributed by atoms with Gasteiger partial charge >= 0.3 is 0 Å². The van der Waals surface area contributed by atoms with Crippen LogP contribution in [0.5, 0.6) is 0 Å². The molecule has 0 aliphatic carbocycles. The lowest BCUT2D eigenvalue weighted by Gasteiger charge is -2.13. The zero-order chi connectivity index (χ0) is 12.4. The predicted octanol–water partition coefficient (Wildman–Crippen LogP) is 4.18. The van der Waals surface area contributed by atoms with Crippen molar-refractivity contribution in [2.75, 3.05) is 0 Å². The minimum absolute atomic E-state index is 0.344. The Morgan fingerprint density at radius 2 is 1.82 bits per heavy atom. The first-order valence-corrected chi connectivity index (χ1v) is 7.30. The Balaban J connectivity index is 2.51. The largest absolute Gasteiger partial charge is 0.308 e. The Morgan fingerprint density at radius 1 is 1.18 bits per heavy atom. The summed E-state index contributed by atoms with van der Waals surface area (Å²) < 4.78 is 3.22. The Labute approximate surface area is 118 Å². The van der Waals surface area contributed by atoms with Crippen LogP contribution in [0.4, 0.5) is 0 Å². The van der Waals surface area contributed by atoms with E-state index in [0.29, 0.717) is 11.4 Å². The quantitative estimate of drug-likeness (QED) is 0.770. The summed E-state index contributed by atoms with van der Waals surface area (Å²) >= 11 is 6.88. The highest BCUT2D eigenvalue weighted by atomic mass is 79.9. The van der Waals surface area contributed by atoms with Gasteiger partial charge in [-0.15, -0.1) is 10.2 Å². The van der Waals surface area contributed by atoms with Gasteiger partial charge in [-0.05, 0) is 26.0 Å². The molecular formula is C12H13Br2N3. The number of halogens is 2. The van der Waals surface area contributed by atoms with Crippen molar-refractivity contribution < 1.29 is 0 Å². The van der Waals surface area contributed by atoms with Gasteiger partial charge in [0.05, 0.1) is 5.33 Å². The van der Waals surface area contributed by atoms with Crippen molar-refractivity contribution in [1.82, 2.24) is 14.8 Å². The highest BCUT2D eigenvalue weighted by Crippen LogP contribution is 2.24. The summed E-state index contributed by atoms with van der Waals surface area (Å²) in [5.41, 5.74) is 1.08. The fourth-order valence-electron chi connectivity index (χ4n) is 1.75. The van der Waals surface area contributed by atoms with E-state index in [2.05, 4.69) is 60.5 Å². The SMILES string of the molecule is CC(C)n1c(CBr)nnc1-c1ccc(Br)cc1. The highest BCUT2D eigenvalue weighted by molar-refractivity contribution is 9.10. The lowest BCUT2D eigenvalue weighted by Crippen LogP contribution is -2.06. The van der Waals surface area contributed by atoms with Gasteiger partial charge in [-0.1, -0.05) is 44.0 Å². The molecule has 0 atom stereocenters. The van der Waals surface area contributed by atoms with Crippen LogP contribution in [-0.2, 0) is 5.33 Å². The number of aromatic nitrogens is 3. The molecule has 2 rings (SSSR count). The lowest BCUT2D eigenvalue weighted by atomic mass is 10.2. The average Bonchev–Trinajstić information content (AvgIpc) is 2.73. The van der Waals surface area contributed by atoms with Crippen LogP contribution in [0, 0.1) is 0 Å². The Morgan fingerprint density at radius 3 is 2.35 bits per heavy atom. The van der Waals surface area contributed by atoms with Gasteiger partial charge < -0.3 is 4.57 Å². The van der Waals surface area contributed by atoms with Gasteiger partial charge in [0.1, 0.15) is 5.82 Å². The van der Waals surface area contributed by atoms with Gasteiger partial charge in [-0.3, -0.25) is 0 Å². The minimum Gasteiger partial charge on any atom is -0.308 e. The molecule has 5 heteroatoms. The van der Waals surface area contributed by atoms with Gasteiger partial charge in [-0.2, -0.15) is 0 Å². The predicted molar refractivity (Wildman–Crippen MR) is 76.2 cm³/mol. The summed E-state index contributed by atoms with van der Waals surface area (Å²) in [5.74, 6) is 1.87. The molecule has 0 bridgehead atoms. The Hall–Kier alpha value is -0.680. The molecule has 0 fully saturated rings. The van der Waals surface area contributed by atoms with Gasteiger partial charge in [0.2, 0.25) is 0 Å². The van der Waals surface area contributed by atoms with E-state index in [1.807, 2.05) is 24.3 Å². The molecule has 0 amide bonds. The maximum atomic E-state index is 4.28. The molecule has 0 saturated carbocycles. The van der Waals surface area contributed by atoms with E-state index in [0.717, 1.165) is 21.7 Å². The van der Waals surface area contributed by atoms with E-state index in [4.69, 9.17) is 0 Å². The van der Waals surface area contributed by atoms with Crippen molar-refractivity contribution in [1.29, 1.82) is 0 Å². The van der Waals surface area contributed by atoms with Gasteiger partial charge in [0.15, 0.2) is 5.82 Å². The number of alkyl halides is 1. The number of benzene rings is 1. The molecule has 0 aliphatic rings. The second-order valence-corrected chi connectivity index (χ2v) is 5.52. The number of hydrogen-bond donors (Lipinski definition) is 0. The molecule has 0 N–H and O–H groups in total. The number of rotatable bonds is 3. The van der Waals surface area contributed by atoms with Crippen LogP contribution in [0.2, 0.25) is 0 Å². The van der Waals surface area contributed by atoms with Crippen LogP contribution in [0.1, 0.15) is 25.7 Å². The molecule has 1 aromatic carbocycles. The summed E-state index contributed by atoms with van der Waals surface area (Å²) in [7, 11) is 0. The maximum absolute atomic E-state index is 4.28. The third-order valence-electron chi connectivity index (χ3n) is 2.50. The van der Waals surface area contributed by atoms with E-state index in [-0.39, 0.29) is 0 Å². The molecule has 17 heavy (non-hydrogen) atoms. The second-order valence-electron chi connectivity index (χ2n) is 4.04. The summed E-state index contributed by atoms with van der Waals surface area (Å²) in [6.07, 6.45) is 0. The third kappa shape index (κ3) is 2.60. The Kier molecular flexibility index (Phi) is 3.99.